The van der Waals surface area contributed by atoms with Crippen molar-refractivity contribution >= 4 is 23.5 Å². The van der Waals surface area contributed by atoms with Gasteiger partial charge in [0.2, 0.25) is 5.91 Å². The molecule has 28 heavy (non-hydrogen) atoms. The first-order chi connectivity index (χ1) is 13.4. The lowest BCUT2D eigenvalue weighted by Gasteiger charge is -2.15. The van der Waals surface area contributed by atoms with Crippen LogP contribution < -0.4 is 21.7 Å². The molecule has 0 radical (unpaired) electrons. The van der Waals surface area contributed by atoms with Gasteiger partial charge in [-0.1, -0.05) is 24.3 Å². The molecule has 2 aromatic carbocycles. The molecule has 1 unspecified atom stereocenters. The third-order valence-corrected chi connectivity index (χ3v) is 4.66. The molecule has 1 fully saturated rings. The predicted octanol–water partition coefficient (Wildman–Crippen LogP) is 2.69. The van der Waals surface area contributed by atoms with Crippen LogP contribution in [0.4, 0.5) is 10.5 Å². The van der Waals surface area contributed by atoms with Crippen LogP contribution in [-0.2, 0) is 11.3 Å². The van der Waals surface area contributed by atoms with Crippen LogP contribution in [0.2, 0.25) is 0 Å². The lowest BCUT2D eigenvalue weighted by Crippen LogP contribution is -2.28. The quantitative estimate of drug-likeness (QED) is 0.592. The van der Waals surface area contributed by atoms with E-state index in [0.717, 1.165) is 29.7 Å². The van der Waals surface area contributed by atoms with E-state index >= 15 is 0 Å². The van der Waals surface area contributed by atoms with Crippen molar-refractivity contribution in [2.75, 3.05) is 5.32 Å². The van der Waals surface area contributed by atoms with Crippen molar-refractivity contribution in [2.24, 2.45) is 11.7 Å². The molecular formula is C21H24N4O3. The lowest BCUT2D eigenvalue weighted by molar-refractivity contribution is -0.117. The Balaban J connectivity index is 1.54. The number of hydrogen-bond donors (Lipinski definition) is 4. The number of rotatable bonds is 7. The summed E-state index contributed by atoms with van der Waals surface area (Å²) in [6, 6.07) is 13.7. The van der Waals surface area contributed by atoms with Crippen LogP contribution >= 0.6 is 0 Å². The van der Waals surface area contributed by atoms with Crippen LogP contribution in [0.3, 0.4) is 0 Å². The zero-order valence-corrected chi connectivity index (χ0v) is 15.7. The van der Waals surface area contributed by atoms with Gasteiger partial charge in [0.1, 0.15) is 0 Å². The number of benzene rings is 2. The van der Waals surface area contributed by atoms with E-state index in [4.69, 9.17) is 5.73 Å². The average molecular weight is 380 g/mol. The first kappa shape index (κ1) is 19.4. The average Bonchev–Trinajstić information content (AvgIpc) is 3.52. The second kappa shape index (κ2) is 8.56. The first-order valence-electron chi connectivity index (χ1n) is 9.26. The zero-order valence-electron chi connectivity index (χ0n) is 15.7. The fraction of sp³-hybridized carbons (Fsp3) is 0.286. The molecule has 0 aromatic heterocycles. The molecule has 2 aromatic rings. The van der Waals surface area contributed by atoms with Crippen LogP contribution in [0.1, 0.15) is 47.3 Å². The summed E-state index contributed by atoms with van der Waals surface area (Å²) in [5.41, 5.74) is 8.13. The van der Waals surface area contributed by atoms with E-state index in [1.165, 1.54) is 0 Å². The Bertz CT molecular complexity index is 858. The third kappa shape index (κ3) is 5.33. The van der Waals surface area contributed by atoms with Gasteiger partial charge in [-0.05, 0) is 55.2 Å². The largest absolute Gasteiger partial charge is 0.352 e. The van der Waals surface area contributed by atoms with Gasteiger partial charge in [-0.25, -0.2) is 4.79 Å². The van der Waals surface area contributed by atoms with Gasteiger partial charge in [-0.15, -0.1) is 0 Å². The molecule has 7 heteroatoms. The van der Waals surface area contributed by atoms with Gasteiger partial charge in [0.05, 0.1) is 6.04 Å². The van der Waals surface area contributed by atoms with E-state index in [2.05, 4.69) is 16.0 Å². The number of urea groups is 1. The lowest BCUT2D eigenvalue weighted by atomic mass is 10.1. The number of carbonyl (C=O) groups is 3. The van der Waals surface area contributed by atoms with Gasteiger partial charge < -0.3 is 21.7 Å². The van der Waals surface area contributed by atoms with E-state index in [9.17, 15) is 14.4 Å². The van der Waals surface area contributed by atoms with Gasteiger partial charge in [0.25, 0.3) is 5.91 Å². The highest BCUT2D eigenvalue weighted by Crippen LogP contribution is 2.30. The highest BCUT2D eigenvalue weighted by molar-refractivity contribution is 5.95. The summed E-state index contributed by atoms with van der Waals surface area (Å²) in [7, 11) is 0. The molecule has 146 valence electrons. The summed E-state index contributed by atoms with van der Waals surface area (Å²) < 4.78 is 0. The van der Waals surface area contributed by atoms with Crippen molar-refractivity contribution in [1.82, 2.24) is 10.6 Å². The standard InChI is InChI=1S/C21H24N4O3/c1-13(15-8-10-18(11-9-15)25-20(27)17-6-7-17)24-19(26)16-4-2-14(3-5-16)12-23-21(22)28/h2-5,8-11,13,17H,6-7,12H2,1H3,(H,24,26)(H,25,27)(H3,22,23,28). The van der Waals surface area contributed by atoms with Crippen LogP contribution in [0, 0.1) is 5.92 Å². The number of amides is 4. The van der Waals surface area contributed by atoms with Crippen molar-refractivity contribution in [3.05, 3.63) is 65.2 Å². The van der Waals surface area contributed by atoms with Gasteiger partial charge in [-0.2, -0.15) is 0 Å². The molecule has 1 aliphatic rings. The molecule has 0 spiro atoms. The van der Waals surface area contributed by atoms with Gasteiger partial charge in [-0.3, -0.25) is 9.59 Å². The van der Waals surface area contributed by atoms with Crippen LogP contribution in [0.25, 0.3) is 0 Å². The van der Waals surface area contributed by atoms with Crippen molar-refractivity contribution < 1.29 is 14.4 Å². The predicted molar refractivity (Wildman–Crippen MR) is 107 cm³/mol. The minimum Gasteiger partial charge on any atom is -0.352 e. The van der Waals surface area contributed by atoms with E-state index < -0.39 is 6.03 Å². The van der Waals surface area contributed by atoms with Crippen LogP contribution in [0.5, 0.6) is 0 Å². The fourth-order valence-electron chi connectivity index (χ4n) is 2.77. The molecular weight excluding hydrogens is 356 g/mol. The molecule has 0 aliphatic heterocycles. The normalized spacial score (nSPS) is 14.0. The SMILES string of the molecule is CC(NC(=O)c1ccc(CNC(N)=O)cc1)c1ccc(NC(=O)C2CC2)cc1. The summed E-state index contributed by atoms with van der Waals surface area (Å²) in [5, 5.41) is 8.36. The van der Waals surface area contributed by atoms with Gasteiger partial charge >= 0.3 is 6.03 Å². The molecule has 3 rings (SSSR count). The molecule has 1 aliphatic carbocycles. The Morgan fingerprint density at radius 2 is 1.68 bits per heavy atom. The third-order valence-electron chi connectivity index (χ3n) is 4.66. The monoisotopic (exact) mass is 380 g/mol. The minimum atomic E-state index is -0.589. The molecule has 0 saturated heterocycles. The van der Waals surface area contributed by atoms with Gasteiger partial charge in [0.15, 0.2) is 0 Å². The Morgan fingerprint density at radius 1 is 1.04 bits per heavy atom. The number of hydrogen-bond acceptors (Lipinski definition) is 3. The number of nitrogens with two attached hydrogens (primary N) is 1. The van der Waals surface area contributed by atoms with Crippen molar-refractivity contribution in [2.45, 2.75) is 32.4 Å². The number of primary amides is 1. The Kier molecular flexibility index (Phi) is 5.93. The number of anilines is 1. The fourth-order valence-corrected chi connectivity index (χ4v) is 2.77. The first-order valence-corrected chi connectivity index (χ1v) is 9.26. The smallest absolute Gasteiger partial charge is 0.312 e. The molecule has 1 saturated carbocycles. The Labute approximate surface area is 163 Å². The number of nitrogens with one attached hydrogen (secondary N) is 3. The second-order valence-corrected chi connectivity index (χ2v) is 7.00. The highest BCUT2D eigenvalue weighted by Gasteiger charge is 2.29. The maximum atomic E-state index is 12.4. The summed E-state index contributed by atoms with van der Waals surface area (Å²) in [6.07, 6.45) is 1.94. The van der Waals surface area contributed by atoms with Crippen molar-refractivity contribution in [1.29, 1.82) is 0 Å². The van der Waals surface area contributed by atoms with E-state index in [1.807, 2.05) is 31.2 Å². The molecule has 5 N–H and O–H groups in total. The molecule has 0 heterocycles. The molecule has 7 nitrogen and oxygen atoms in total. The van der Waals surface area contributed by atoms with Crippen LogP contribution in [0.15, 0.2) is 48.5 Å². The van der Waals surface area contributed by atoms with Gasteiger partial charge in [0, 0.05) is 23.7 Å². The van der Waals surface area contributed by atoms with Crippen LogP contribution in [-0.4, -0.2) is 17.8 Å². The molecule has 0 bridgehead atoms. The number of carbonyl (C=O) groups excluding carboxylic acids is 3. The van der Waals surface area contributed by atoms with E-state index in [1.54, 1.807) is 24.3 Å². The maximum Gasteiger partial charge on any atom is 0.312 e. The topological polar surface area (TPSA) is 113 Å². The Morgan fingerprint density at radius 3 is 2.25 bits per heavy atom. The highest BCUT2D eigenvalue weighted by atomic mass is 16.2. The van der Waals surface area contributed by atoms with Crippen molar-refractivity contribution in [3.63, 3.8) is 0 Å². The summed E-state index contributed by atoms with van der Waals surface area (Å²) >= 11 is 0. The molecule has 4 amide bonds. The van der Waals surface area contributed by atoms with Crippen molar-refractivity contribution in [3.8, 4) is 0 Å². The van der Waals surface area contributed by atoms with E-state index in [0.29, 0.717) is 12.1 Å². The summed E-state index contributed by atoms with van der Waals surface area (Å²) in [5.74, 6) is 0.0486. The van der Waals surface area contributed by atoms with E-state index in [-0.39, 0.29) is 23.8 Å². The second-order valence-electron chi connectivity index (χ2n) is 7.00. The minimum absolute atomic E-state index is 0.0728. The maximum absolute atomic E-state index is 12.4. The summed E-state index contributed by atoms with van der Waals surface area (Å²) in [6.45, 7) is 2.22. The zero-order chi connectivity index (χ0) is 20.1. The molecule has 1 atom stereocenters. The Hall–Kier alpha value is -3.35. The summed E-state index contributed by atoms with van der Waals surface area (Å²) in [4.78, 5) is 35.0.